The molecule has 4 nitrogen and oxygen atoms in total. The lowest BCUT2D eigenvalue weighted by molar-refractivity contribution is -0.145. The SMILES string of the molecule is CCOC(=O)C(N)COc1ccc(F)c(C)c1. The van der Waals surface area contributed by atoms with Crippen LogP contribution in [0.5, 0.6) is 5.75 Å². The molecule has 0 aliphatic rings. The molecule has 0 saturated carbocycles. The highest BCUT2D eigenvalue weighted by Gasteiger charge is 2.15. The second-order valence-electron chi connectivity index (χ2n) is 3.58. The minimum Gasteiger partial charge on any atom is -0.491 e. The average Bonchev–Trinajstić information content (AvgIpc) is 2.30. The van der Waals surface area contributed by atoms with Crippen molar-refractivity contribution in [1.29, 1.82) is 0 Å². The fourth-order valence-corrected chi connectivity index (χ4v) is 1.21. The van der Waals surface area contributed by atoms with Gasteiger partial charge in [0, 0.05) is 0 Å². The van der Waals surface area contributed by atoms with Gasteiger partial charge in [-0.15, -0.1) is 0 Å². The van der Waals surface area contributed by atoms with E-state index in [9.17, 15) is 9.18 Å². The highest BCUT2D eigenvalue weighted by molar-refractivity contribution is 5.75. The van der Waals surface area contributed by atoms with Gasteiger partial charge in [0.1, 0.15) is 24.2 Å². The topological polar surface area (TPSA) is 61.5 Å². The smallest absolute Gasteiger partial charge is 0.326 e. The third kappa shape index (κ3) is 4.03. The summed E-state index contributed by atoms with van der Waals surface area (Å²) >= 11 is 0. The normalized spacial score (nSPS) is 12.0. The Balaban J connectivity index is 2.50. The Morgan fingerprint density at radius 2 is 2.24 bits per heavy atom. The number of nitrogens with two attached hydrogens (primary N) is 1. The Morgan fingerprint density at radius 1 is 1.53 bits per heavy atom. The minimum atomic E-state index is -0.833. The molecule has 1 aromatic rings. The van der Waals surface area contributed by atoms with Gasteiger partial charge < -0.3 is 15.2 Å². The van der Waals surface area contributed by atoms with Crippen LogP contribution in [0.2, 0.25) is 0 Å². The Hall–Kier alpha value is -1.62. The zero-order valence-electron chi connectivity index (χ0n) is 9.90. The van der Waals surface area contributed by atoms with Gasteiger partial charge in [0.15, 0.2) is 0 Å². The third-order valence-corrected chi connectivity index (χ3v) is 2.15. The summed E-state index contributed by atoms with van der Waals surface area (Å²) in [5, 5.41) is 0. The molecule has 1 rings (SSSR count). The van der Waals surface area contributed by atoms with Gasteiger partial charge in [-0.3, -0.25) is 4.79 Å². The van der Waals surface area contributed by atoms with Crippen molar-refractivity contribution in [1.82, 2.24) is 0 Å². The highest BCUT2D eigenvalue weighted by atomic mass is 19.1. The first-order chi connectivity index (χ1) is 8.04. The predicted molar refractivity (Wildman–Crippen MR) is 61.2 cm³/mol. The molecular formula is C12H16FNO3. The van der Waals surface area contributed by atoms with E-state index in [1.54, 1.807) is 19.9 Å². The van der Waals surface area contributed by atoms with Gasteiger partial charge >= 0.3 is 5.97 Å². The first-order valence-corrected chi connectivity index (χ1v) is 5.35. The zero-order chi connectivity index (χ0) is 12.8. The average molecular weight is 241 g/mol. The van der Waals surface area contributed by atoms with Crippen LogP contribution in [0, 0.1) is 12.7 Å². The number of esters is 1. The summed E-state index contributed by atoms with van der Waals surface area (Å²) in [5.74, 6) is -0.331. The van der Waals surface area contributed by atoms with E-state index in [1.165, 1.54) is 12.1 Å². The van der Waals surface area contributed by atoms with Crippen LogP contribution in [0.25, 0.3) is 0 Å². The van der Waals surface area contributed by atoms with Crippen LogP contribution in [0.15, 0.2) is 18.2 Å². The van der Waals surface area contributed by atoms with Crippen LogP contribution in [0.1, 0.15) is 12.5 Å². The Kier molecular flexibility index (Phi) is 4.90. The van der Waals surface area contributed by atoms with Crippen molar-refractivity contribution in [2.45, 2.75) is 19.9 Å². The number of hydrogen-bond acceptors (Lipinski definition) is 4. The minimum absolute atomic E-state index is 0.00387. The van der Waals surface area contributed by atoms with E-state index in [4.69, 9.17) is 15.2 Å². The van der Waals surface area contributed by atoms with E-state index >= 15 is 0 Å². The van der Waals surface area contributed by atoms with Gasteiger partial charge in [-0.25, -0.2) is 4.39 Å². The number of halogens is 1. The molecule has 94 valence electrons. The molecule has 0 saturated heterocycles. The Labute approximate surface area is 99.5 Å². The molecule has 0 aliphatic heterocycles. The molecule has 0 bridgehead atoms. The molecular weight excluding hydrogens is 225 g/mol. The maximum Gasteiger partial charge on any atom is 0.326 e. The monoisotopic (exact) mass is 241 g/mol. The van der Waals surface area contributed by atoms with Gasteiger partial charge in [-0.05, 0) is 37.6 Å². The summed E-state index contributed by atoms with van der Waals surface area (Å²) in [6.45, 7) is 3.62. The molecule has 0 aliphatic carbocycles. The zero-order valence-corrected chi connectivity index (χ0v) is 9.90. The second-order valence-corrected chi connectivity index (χ2v) is 3.58. The third-order valence-electron chi connectivity index (χ3n) is 2.15. The highest BCUT2D eigenvalue weighted by Crippen LogP contribution is 2.15. The first-order valence-electron chi connectivity index (χ1n) is 5.35. The quantitative estimate of drug-likeness (QED) is 0.792. The Morgan fingerprint density at radius 3 is 2.82 bits per heavy atom. The lowest BCUT2D eigenvalue weighted by Gasteiger charge is -2.12. The standard InChI is InChI=1S/C12H16FNO3/c1-3-16-12(15)11(14)7-17-9-4-5-10(13)8(2)6-9/h4-6,11H,3,7,14H2,1-2H3. The predicted octanol–water partition coefficient (Wildman–Crippen LogP) is 1.40. The summed E-state index contributed by atoms with van der Waals surface area (Å²) in [5.41, 5.74) is 6.02. The molecule has 1 aromatic carbocycles. The fourth-order valence-electron chi connectivity index (χ4n) is 1.21. The van der Waals surface area contributed by atoms with Crippen LogP contribution < -0.4 is 10.5 Å². The van der Waals surface area contributed by atoms with E-state index in [2.05, 4.69) is 0 Å². The maximum atomic E-state index is 13.0. The lowest BCUT2D eigenvalue weighted by atomic mass is 10.2. The van der Waals surface area contributed by atoms with E-state index < -0.39 is 12.0 Å². The molecule has 2 N–H and O–H groups in total. The van der Waals surface area contributed by atoms with Crippen LogP contribution in [-0.2, 0) is 9.53 Å². The van der Waals surface area contributed by atoms with E-state index in [-0.39, 0.29) is 19.0 Å². The van der Waals surface area contributed by atoms with Gasteiger partial charge in [0.25, 0.3) is 0 Å². The molecule has 1 atom stereocenters. The van der Waals surface area contributed by atoms with Crippen LogP contribution in [-0.4, -0.2) is 25.2 Å². The fraction of sp³-hybridized carbons (Fsp3) is 0.417. The summed E-state index contributed by atoms with van der Waals surface area (Å²) < 4.78 is 23.0. The second kappa shape index (κ2) is 6.20. The van der Waals surface area contributed by atoms with Crippen LogP contribution >= 0.6 is 0 Å². The summed E-state index contributed by atoms with van der Waals surface area (Å²) in [6.07, 6.45) is 0. The van der Waals surface area contributed by atoms with Gasteiger partial charge in [-0.1, -0.05) is 0 Å². The lowest BCUT2D eigenvalue weighted by Crippen LogP contribution is -2.37. The van der Waals surface area contributed by atoms with Crippen LogP contribution in [0.4, 0.5) is 4.39 Å². The van der Waals surface area contributed by atoms with Crippen molar-refractivity contribution >= 4 is 5.97 Å². The van der Waals surface area contributed by atoms with Gasteiger partial charge in [-0.2, -0.15) is 0 Å². The number of aryl methyl sites for hydroxylation is 1. The molecule has 0 aromatic heterocycles. The Bertz CT molecular complexity index is 395. The number of carbonyl (C=O) groups is 1. The van der Waals surface area contributed by atoms with Gasteiger partial charge in [0.05, 0.1) is 6.61 Å². The molecule has 1 unspecified atom stereocenters. The largest absolute Gasteiger partial charge is 0.491 e. The first kappa shape index (κ1) is 13.4. The molecule has 0 heterocycles. The van der Waals surface area contributed by atoms with E-state index in [1.807, 2.05) is 0 Å². The molecule has 0 fully saturated rings. The molecule has 0 spiro atoms. The number of hydrogen-bond donors (Lipinski definition) is 1. The molecule has 0 radical (unpaired) electrons. The van der Waals surface area contributed by atoms with Gasteiger partial charge in [0.2, 0.25) is 0 Å². The van der Waals surface area contributed by atoms with Crippen molar-refractivity contribution in [2.24, 2.45) is 5.73 Å². The molecule has 0 amide bonds. The van der Waals surface area contributed by atoms with Crippen molar-refractivity contribution < 1.29 is 18.7 Å². The number of ether oxygens (including phenoxy) is 2. The number of benzene rings is 1. The van der Waals surface area contributed by atoms with Crippen molar-refractivity contribution in [3.8, 4) is 5.75 Å². The summed E-state index contributed by atoms with van der Waals surface area (Å²) in [6, 6.07) is 3.51. The molecule has 5 heteroatoms. The number of rotatable bonds is 5. The van der Waals surface area contributed by atoms with Crippen molar-refractivity contribution in [2.75, 3.05) is 13.2 Å². The van der Waals surface area contributed by atoms with Crippen molar-refractivity contribution in [3.05, 3.63) is 29.6 Å². The van der Waals surface area contributed by atoms with E-state index in [0.29, 0.717) is 11.3 Å². The summed E-state index contributed by atoms with van der Waals surface area (Å²) in [7, 11) is 0. The van der Waals surface area contributed by atoms with Crippen LogP contribution in [0.3, 0.4) is 0 Å². The van der Waals surface area contributed by atoms with Crippen molar-refractivity contribution in [3.63, 3.8) is 0 Å². The maximum absolute atomic E-state index is 13.0. The number of carbonyl (C=O) groups excluding carboxylic acids is 1. The molecule has 17 heavy (non-hydrogen) atoms. The van der Waals surface area contributed by atoms with E-state index in [0.717, 1.165) is 0 Å². The summed E-state index contributed by atoms with van der Waals surface area (Å²) in [4.78, 5) is 11.2.